The Morgan fingerprint density at radius 1 is 0.826 bits per heavy atom. The zero-order valence-electron chi connectivity index (χ0n) is 13.6. The SMILES string of the molecule is CC(C)[P@@]1c2ccc3c4c(ccc(c24)[As]1c1ccccc1)CC3. The summed E-state index contributed by atoms with van der Waals surface area (Å²) < 4.78 is 3.38. The van der Waals surface area contributed by atoms with Gasteiger partial charge in [0, 0.05) is 0 Å². The van der Waals surface area contributed by atoms with E-state index >= 15 is 0 Å². The Hall–Kier alpha value is -1.09. The summed E-state index contributed by atoms with van der Waals surface area (Å²) in [5, 5.41) is 5.04. The molecule has 0 bridgehead atoms. The number of hydrogen-bond acceptors (Lipinski definition) is 0. The van der Waals surface area contributed by atoms with Crippen LogP contribution in [0.3, 0.4) is 0 Å². The molecule has 114 valence electrons. The predicted molar refractivity (Wildman–Crippen MR) is 105 cm³/mol. The van der Waals surface area contributed by atoms with E-state index in [9.17, 15) is 0 Å². The number of benzene rings is 3. The van der Waals surface area contributed by atoms with Crippen molar-refractivity contribution in [3.8, 4) is 0 Å². The van der Waals surface area contributed by atoms with E-state index in [-0.39, 0.29) is 6.48 Å². The van der Waals surface area contributed by atoms with Gasteiger partial charge >= 0.3 is 144 Å². The normalized spacial score (nSPS) is 21.5. The quantitative estimate of drug-likeness (QED) is 0.473. The van der Waals surface area contributed by atoms with E-state index in [0.717, 1.165) is 5.66 Å². The Morgan fingerprint density at radius 2 is 1.52 bits per heavy atom. The zero-order valence-corrected chi connectivity index (χ0v) is 16.4. The van der Waals surface area contributed by atoms with Crippen LogP contribution in [0.2, 0.25) is 0 Å². The number of aryl methyl sites for hydroxylation is 2. The van der Waals surface area contributed by atoms with Gasteiger partial charge in [0.2, 0.25) is 0 Å². The molecule has 3 aromatic rings. The molecule has 1 aliphatic heterocycles. The van der Waals surface area contributed by atoms with E-state index in [0.29, 0.717) is 0 Å². The van der Waals surface area contributed by atoms with Crippen molar-refractivity contribution in [3.63, 3.8) is 0 Å². The van der Waals surface area contributed by atoms with E-state index in [4.69, 9.17) is 0 Å². The predicted octanol–water partition coefficient (Wildman–Crippen LogP) is 3.57. The van der Waals surface area contributed by atoms with Gasteiger partial charge in [-0.2, -0.15) is 0 Å². The molecule has 5 rings (SSSR count). The van der Waals surface area contributed by atoms with Gasteiger partial charge in [-0.3, -0.25) is 0 Å². The van der Waals surface area contributed by atoms with Gasteiger partial charge in [-0.25, -0.2) is 0 Å². The maximum atomic E-state index is 2.51. The van der Waals surface area contributed by atoms with Gasteiger partial charge in [0.05, 0.1) is 0 Å². The second-order valence-electron chi connectivity index (χ2n) is 6.82. The van der Waals surface area contributed by atoms with Gasteiger partial charge in [0.25, 0.3) is 0 Å². The summed E-state index contributed by atoms with van der Waals surface area (Å²) in [5.41, 5.74) is 3.97. The molecule has 2 aliphatic rings. The Kier molecular flexibility index (Phi) is 3.23. The standard InChI is InChI=1S/C21H20AsP/c1-14(2)23-19-13-11-16-9-8-15-10-12-18(21(19)20(15)16)22(23)17-6-4-3-5-7-17/h3-7,10-14H,8-9H2,1-2H3/t22?,23-/m0/s1. The molecule has 2 atom stereocenters. The van der Waals surface area contributed by atoms with E-state index in [1.54, 1.807) is 35.9 Å². The van der Waals surface area contributed by atoms with Crippen molar-refractivity contribution >= 4 is 45.5 Å². The van der Waals surface area contributed by atoms with Crippen LogP contribution in [0.15, 0.2) is 54.6 Å². The summed E-state index contributed by atoms with van der Waals surface area (Å²) in [7, 11) is 0. The molecular weight excluding hydrogens is 358 g/mol. The van der Waals surface area contributed by atoms with Gasteiger partial charge in [-0.05, 0) is 0 Å². The summed E-state index contributed by atoms with van der Waals surface area (Å²) in [6.45, 7) is 4.85. The third-order valence-electron chi connectivity index (χ3n) is 5.13. The summed E-state index contributed by atoms with van der Waals surface area (Å²) in [6, 6.07) is 21.3. The molecule has 0 nitrogen and oxygen atoms in total. The molecule has 1 heterocycles. The van der Waals surface area contributed by atoms with Crippen molar-refractivity contribution in [2.75, 3.05) is 0 Å². The molecule has 0 aromatic heterocycles. The first-order valence-corrected chi connectivity index (χ1v) is 14.2. The summed E-state index contributed by atoms with van der Waals surface area (Å²) >= 11 is -1.22. The first kappa shape index (κ1) is 14.3. The van der Waals surface area contributed by atoms with Gasteiger partial charge in [0.15, 0.2) is 0 Å². The topological polar surface area (TPSA) is 0 Å². The molecule has 0 fully saturated rings. The van der Waals surface area contributed by atoms with Crippen LogP contribution in [0.4, 0.5) is 0 Å². The molecule has 23 heavy (non-hydrogen) atoms. The first-order valence-electron chi connectivity index (χ1n) is 8.47. The van der Waals surface area contributed by atoms with Crippen molar-refractivity contribution in [1.29, 1.82) is 0 Å². The third kappa shape index (κ3) is 1.95. The van der Waals surface area contributed by atoms with Gasteiger partial charge in [-0.15, -0.1) is 0 Å². The Labute approximate surface area is 143 Å². The summed E-state index contributed by atoms with van der Waals surface area (Å²) in [5.74, 6) is 0. The van der Waals surface area contributed by atoms with Crippen LogP contribution in [0.5, 0.6) is 0 Å². The molecule has 0 spiro atoms. The van der Waals surface area contributed by atoms with Crippen LogP contribution in [0, 0.1) is 0 Å². The molecule has 3 aromatic carbocycles. The van der Waals surface area contributed by atoms with Crippen molar-refractivity contribution in [1.82, 2.24) is 0 Å². The maximum absolute atomic E-state index is 2.51. The number of rotatable bonds is 2. The van der Waals surface area contributed by atoms with Crippen LogP contribution >= 0.6 is 6.48 Å². The van der Waals surface area contributed by atoms with Crippen LogP contribution in [-0.4, -0.2) is 19.9 Å². The molecule has 1 unspecified atom stereocenters. The fraction of sp³-hybridized carbons (Fsp3) is 0.238. The Morgan fingerprint density at radius 3 is 2.22 bits per heavy atom. The number of hydrogen-bond donors (Lipinski definition) is 0. The molecule has 0 saturated carbocycles. The van der Waals surface area contributed by atoms with Crippen molar-refractivity contribution in [2.45, 2.75) is 32.3 Å². The van der Waals surface area contributed by atoms with E-state index in [2.05, 4.69) is 68.4 Å². The minimum atomic E-state index is -1.22. The molecule has 1 aliphatic carbocycles. The fourth-order valence-electron chi connectivity index (χ4n) is 4.23. The summed E-state index contributed by atoms with van der Waals surface area (Å²) in [6.07, 6.45) is 2.49. The Bertz CT molecular complexity index is 904. The van der Waals surface area contributed by atoms with Crippen molar-refractivity contribution in [2.24, 2.45) is 0 Å². The molecule has 0 saturated heterocycles. The zero-order chi connectivity index (χ0) is 15.6. The molecule has 0 radical (unpaired) electrons. The van der Waals surface area contributed by atoms with Crippen LogP contribution in [-0.2, 0) is 12.8 Å². The van der Waals surface area contributed by atoms with Crippen LogP contribution in [0.25, 0.3) is 10.8 Å². The monoisotopic (exact) mass is 378 g/mol. The second-order valence-corrected chi connectivity index (χ2v) is 17.2. The van der Waals surface area contributed by atoms with Crippen molar-refractivity contribution in [3.05, 3.63) is 65.7 Å². The average Bonchev–Trinajstić information content (AvgIpc) is 3.13. The minimum absolute atomic E-state index is 0.0405. The van der Waals surface area contributed by atoms with E-state index < -0.39 is 14.2 Å². The van der Waals surface area contributed by atoms with Crippen LogP contribution < -0.4 is 14.0 Å². The fourth-order valence-corrected chi connectivity index (χ4v) is 19.6. The molecule has 2 heteroatoms. The van der Waals surface area contributed by atoms with Gasteiger partial charge < -0.3 is 0 Å². The van der Waals surface area contributed by atoms with Gasteiger partial charge in [0.1, 0.15) is 0 Å². The molecular formula is C21H20AsP. The second kappa shape index (κ2) is 5.20. The van der Waals surface area contributed by atoms with Crippen molar-refractivity contribution < 1.29 is 0 Å². The third-order valence-corrected chi connectivity index (χ3v) is 20.1. The average molecular weight is 378 g/mol. The van der Waals surface area contributed by atoms with E-state index in [1.165, 1.54) is 12.8 Å². The van der Waals surface area contributed by atoms with E-state index in [1.807, 2.05) is 0 Å². The summed E-state index contributed by atoms with van der Waals surface area (Å²) in [4.78, 5) is 0. The first-order chi connectivity index (χ1) is 11.3. The Balaban J connectivity index is 1.85. The molecule has 0 N–H and O–H groups in total. The van der Waals surface area contributed by atoms with Gasteiger partial charge in [-0.1, -0.05) is 0 Å². The van der Waals surface area contributed by atoms with Crippen LogP contribution in [0.1, 0.15) is 25.0 Å². The molecule has 0 amide bonds.